The van der Waals surface area contributed by atoms with E-state index in [4.69, 9.17) is 21.1 Å². The number of nitrogens with one attached hydrogen (secondary N) is 1. The molecule has 1 aromatic heterocycles. The van der Waals surface area contributed by atoms with Gasteiger partial charge in [0.1, 0.15) is 11.6 Å². The minimum absolute atomic E-state index is 0.130. The average Bonchev–Trinajstić information content (AvgIpc) is 2.70. The largest absolute Gasteiger partial charge is 0.481 e. The lowest BCUT2D eigenvalue weighted by molar-refractivity contribution is -0.139. The molecule has 0 radical (unpaired) electrons. The number of para-hydroxylation sites is 1. The van der Waals surface area contributed by atoms with Crippen molar-refractivity contribution in [3.8, 4) is 5.75 Å². The van der Waals surface area contributed by atoms with Crippen molar-refractivity contribution < 1.29 is 14.3 Å². The second kappa shape index (κ2) is 9.54. The molecule has 1 atom stereocenters. The van der Waals surface area contributed by atoms with E-state index in [0.717, 1.165) is 0 Å². The molecule has 1 unspecified atom stereocenters. The standard InChI is InChI=1S/C21H22ClN3O4/c1-14(29-16-7-5-6-15(22)12-16)21(27)25(10-11-28-2)13-19-23-18-9-4-3-8-17(18)20(26)24-19/h3-9,12,14H,10-11,13H2,1-2H3,(H,23,24,26). The van der Waals surface area contributed by atoms with E-state index in [1.165, 1.54) is 0 Å². The number of methoxy groups -OCH3 is 1. The van der Waals surface area contributed by atoms with E-state index in [1.54, 1.807) is 61.4 Å². The first-order valence-electron chi connectivity index (χ1n) is 9.16. The van der Waals surface area contributed by atoms with Crippen LogP contribution in [0.25, 0.3) is 10.9 Å². The summed E-state index contributed by atoms with van der Waals surface area (Å²) in [4.78, 5) is 34.1. The van der Waals surface area contributed by atoms with Crippen molar-refractivity contribution >= 4 is 28.4 Å². The quantitative estimate of drug-likeness (QED) is 0.611. The van der Waals surface area contributed by atoms with Gasteiger partial charge in [0.15, 0.2) is 6.10 Å². The Morgan fingerprint density at radius 1 is 1.24 bits per heavy atom. The number of aromatic amines is 1. The van der Waals surface area contributed by atoms with Crippen LogP contribution in [-0.2, 0) is 16.1 Å². The first-order valence-corrected chi connectivity index (χ1v) is 9.53. The fourth-order valence-corrected chi connectivity index (χ4v) is 3.09. The smallest absolute Gasteiger partial charge is 0.263 e. The average molecular weight is 416 g/mol. The predicted octanol–water partition coefficient (Wildman–Crippen LogP) is 3.02. The van der Waals surface area contributed by atoms with Gasteiger partial charge >= 0.3 is 0 Å². The third-order valence-electron chi connectivity index (χ3n) is 4.34. The zero-order chi connectivity index (χ0) is 20.8. The fraction of sp³-hybridized carbons (Fsp3) is 0.286. The van der Waals surface area contributed by atoms with Crippen LogP contribution in [-0.4, -0.2) is 47.1 Å². The molecule has 0 aliphatic heterocycles. The van der Waals surface area contributed by atoms with E-state index >= 15 is 0 Å². The highest BCUT2D eigenvalue weighted by Gasteiger charge is 2.23. The van der Waals surface area contributed by atoms with Crippen molar-refractivity contribution in [1.82, 2.24) is 14.9 Å². The Balaban J connectivity index is 1.79. The number of halogens is 1. The van der Waals surface area contributed by atoms with E-state index in [0.29, 0.717) is 40.7 Å². The summed E-state index contributed by atoms with van der Waals surface area (Å²) < 4.78 is 10.9. The Hall–Kier alpha value is -2.90. The molecule has 0 aliphatic carbocycles. The maximum absolute atomic E-state index is 13.0. The second-order valence-corrected chi connectivity index (χ2v) is 6.94. The van der Waals surface area contributed by atoms with Crippen LogP contribution in [0.1, 0.15) is 12.7 Å². The molecule has 29 heavy (non-hydrogen) atoms. The molecular formula is C21H22ClN3O4. The summed E-state index contributed by atoms with van der Waals surface area (Å²) in [6.45, 7) is 2.47. The van der Waals surface area contributed by atoms with Crippen molar-refractivity contribution in [3.63, 3.8) is 0 Å². The molecule has 0 saturated carbocycles. The summed E-state index contributed by atoms with van der Waals surface area (Å²) in [7, 11) is 1.56. The summed E-state index contributed by atoms with van der Waals surface area (Å²) in [5.74, 6) is 0.647. The molecule has 0 bridgehead atoms. The minimum Gasteiger partial charge on any atom is -0.481 e. The summed E-state index contributed by atoms with van der Waals surface area (Å²) in [5.41, 5.74) is 0.335. The lowest BCUT2D eigenvalue weighted by Gasteiger charge is -2.25. The molecular weight excluding hydrogens is 394 g/mol. The van der Waals surface area contributed by atoms with E-state index in [-0.39, 0.29) is 18.0 Å². The lowest BCUT2D eigenvalue weighted by atomic mass is 10.2. The number of nitrogens with zero attached hydrogens (tertiary/aromatic N) is 2. The Morgan fingerprint density at radius 2 is 2.03 bits per heavy atom. The summed E-state index contributed by atoms with van der Waals surface area (Å²) in [6.07, 6.45) is -0.752. The number of aromatic nitrogens is 2. The van der Waals surface area contributed by atoms with Gasteiger partial charge in [-0.2, -0.15) is 0 Å². The highest BCUT2D eigenvalue weighted by atomic mass is 35.5. The number of carbonyl (C=O) groups excluding carboxylic acids is 1. The molecule has 2 aromatic carbocycles. The highest BCUT2D eigenvalue weighted by molar-refractivity contribution is 6.30. The van der Waals surface area contributed by atoms with Crippen LogP contribution in [0.4, 0.5) is 0 Å². The Labute approximate surface area is 173 Å². The lowest BCUT2D eigenvalue weighted by Crippen LogP contribution is -2.42. The number of hydrogen-bond acceptors (Lipinski definition) is 5. The maximum atomic E-state index is 13.0. The van der Waals surface area contributed by atoms with Crippen LogP contribution in [0.5, 0.6) is 5.75 Å². The molecule has 0 saturated heterocycles. The van der Waals surface area contributed by atoms with Gasteiger partial charge in [0.05, 0.1) is 24.1 Å². The summed E-state index contributed by atoms with van der Waals surface area (Å²) in [5, 5.41) is 1.03. The van der Waals surface area contributed by atoms with E-state index in [9.17, 15) is 9.59 Å². The van der Waals surface area contributed by atoms with Gasteiger partial charge in [0, 0.05) is 18.7 Å². The van der Waals surface area contributed by atoms with Gasteiger partial charge in [-0.25, -0.2) is 4.98 Å². The fourth-order valence-electron chi connectivity index (χ4n) is 2.91. The Bertz CT molecular complexity index is 1050. The second-order valence-electron chi connectivity index (χ2n) is 6.50. The number of rotatable bonds is 8. The molecule has 0 fully saturated rings. The number of ether oxygens (including phenoxy) is 2. The highest BCUT2D eigenvalue weighted by Crippen LogP contribution is 2.19. The van der Waals surface area contributed by atoms with Crippen LogP contribution in [0.3, 0.4) is 0 Å². The van der Waals surface area contributed by atoms with Gasteiger partial charge in [-0.15, -0.1) is 0 Å². The zero-order valence-corrected chi connectivity index (χ0v) is 17.0. The molecule has 1 N–H and O–H groups in total. The topological polar surface area (TPSA) is 84.5 Å². The number of fused-ring (bicyclic) bond motifs is 1. The number of amides is 1. The Morgan fingerprint density at radius 3 is 2.79 bits per heavy atom. The van der Waals surface area contributed by atoms with Crippen LogP contribution in [0, 0.1) is 0 Å². The van der Waals surface area contributed by atoms with Crippen molar-refractivity contribution in [2.24, 2.45) is 0 Å². The van der Waals surface area contributed by atoms with Crippen molar-refractivity contribution in [2.45, 2.75) is 19.6 Å². The molecule has 3 aromatic rings. The van der Waals surface area contributed by atoms with Crippen LogP contribution >= 0.6 is 11.6 Å². The first kappa shape index (κ1) is 20.8. The predicted molar refractivity (Wildman–Crippen MR) is 111 cm³/mol. The van der Waals surface area contributed by atoms with Gasteiger partial charge < -0.3 is 19.4 Å². The number of benzene rings is 2. The van der Waals surface area contributed by atoms with Crippen LogP contribution < -0.4 is 10.3 Å². The third kappa shape index (κ3) is 5.34. The molecule has 7 nitrogen and oxygen atoms in total. The molecule has 0 aliphatic rings. The van der Waals surface area contributed by atoms with Crippen molar-refractivity contribution in [2.75, 3.05) is 20.3 Å². The molecule has 152 valence electrons. The summed E-state index contributed by atoms with van der Waals surface area (Å²) in [6, 6.07) is 13.9. The summed E-state index contributed by atoms with van der Waals surface area (Å²) >= 11 is 5.97. The number of H-pyrrole nitrogens is 1. The minimum atomic E-state index is -0.752. The Kier molecular flexibility index (Phi) is 6.85. The van der Waals surface area contributed by atoms with E-state index < -0.39 is 6.10 Å². The zero-order valence-electron chi connectivity index (χ0n) is 16.2. The van der Waals surface area contributed by atoms with E-state index in [2.05, 4.69) is 9.97 Å². The maximum Gasteiger partial charge on any atom is 0.263 e. The van der Waals surface area contributed by atoms with Gasteiger partial charge in [0.25, 0.3) is 11.5 Å². The molecule has 0 spiro atoms. The molecule has 1 heterocycles. The van der Waals surface area contributed by atoms with Gasteiger partial charge in [0.2, 0.25) is 0 Å². The normalized spacial score (nSPS) is 12.0. The third-order valence-corrected chi connectivity index (χ3v) is 4.57. The monoisotopic (exact) mass is 415 g/mol. The van der Waals surface area contributed by atoms with E-state index in [1.807, 2.05) is 6.07 Å². The number of carbonyl (C=O) groups is 1. The van der Waals surface area contributed by atoms with Gasteiger partial charge in [-0.05, 0) is 37.3 Å². The molecule has 8 heteroatoms. The molecule has 1 amide bonds. The van der Waals surface area contributed by atoms with Crippen LogP contribution in [0.15, 0.2) is 53.3 Å². The SMILES string of the molecule is COCCN(Cc1nc2ccccc2c(=O)[nH]1)C(=O)C(C)Oc1cccc(Cl)c1. The van der Waals surface area contributed by atoms with Crippen molar-refractivity contribution in [1.29, 1.82) is 0 Å². The van der Waals surface area contributed by atoms with Gasteiger partial charge in [-0.3, -0.25) is 9.59 Å². The number of hydrogen-bond donors (Lipinski definition) is 1. The molecule has 3 rings (SSSR count). The van der Waals surface area contributed by atoms with Crippen molar-refractivity contribution in [3.05, 3.63) is 69.7 Å². The van der Waals surface area contributed by atoms with Crippen LogP contribution in [0.2, 0.25) is 5.02 Å². The first-order chi connectivity index (χ1) is 14.0. The van der Waals surface area contributed by atoms with Gasteiger partial charge in [-0.1, -0.05) is 29.8 Å².